The fourth-order valence-electron chi connectivity index (χ4n) is 6.58. The number of hydrogen-bond donors (Lipinski definition) is 0. The lowest BCUT2D eigenvalue weighted by Gasteiger charge is -2.35. The van der Waals surface area contributed by atoms with Gasteiger partial charge in [-0.3, -0.25) is 0 Å². The van der Waals surface area contributed by atoms with Crippen LogP contribution >= 0.6 is 0 Å². The van der Waals surface area contributed by atoms with Crippen molar-refractivity contribution in [3.8, 4) is 0 Å². The first-order valence-corrected chi connectivity index (χ1v) is 20.9. The van der Waals surface area contributed by atoms with E-state index >= 15 is 0 Å². The third-order valence-electron chi connectivity index (χ3n) is 9.84. The first-order valence-electron chi connectivity index (χ1n) is 20.9. The first-order chi connectivity index (χ1) is 21.2. The van der Waals surface area contributed by atoms with E-state index in [0.717, 1.165) is 4.48 Å². The van der Waals surface area contributed by atoms with Crippen molar-refractivity contribution in [2.45, 2.75) is 220 Å². The first kappa shape index (κ1) is 53.3. The molecule has 0 fully saturated rings. The zero-order valence-electron chi connectivity index (χ0n) is 33.7. The Hall–Kier alpha value is 0.500. The predicted octanol–water partition coefficient (Wildman–Crippen LogP) is 7.92. The van der Waals surface area contributed by atoms with Crippen molar-refractivity contribution in [3.05, 3.63) is 0 Å². The van der Waals surface area contributed by atoms with Gasteiger partial charge in [0.2, 0.25) is 0 Å². The minimum Gasteiger partial charge on any atom is -1.00 e. The van der Waals surface area contributed by atoms with Gasteiger partial charge in [0.1, 0.15) is 0 Å². The number of hydrogen-bond acceptors (Lipinski definition) is 0. The molecule has 284 valence electrons. The highest BCUT2D eigenvalue weighted by Crippen LogP contribution is 2.16. The Morgan fingerprint density at radius 2 is 0.413 bits per heavy atom. The molecule has 0 radical (unpaired) electrons. The normalized spacial score (nSPS) is 11.5. The van der Waals surface area contributed by atoms with E-state index in [1.54, 1.807) is 0 Å². The van der Waals surface area contributed by atoms with Crippen LogP contribution in [0.5, 0.6) is 0 Å². The van der Waals surface area contributed by atoms with Gasteiger partial charge < -0.3 is 33.8 Å². The molecule has 0 spiro atoms. The maximum Gasteiger partial charge on any atom is 0.0784 e. The van der Waals surface area contributed by atoms with Crippen molar-refractivity contribution in [3.63, 3.8) is 0 Å². The Balaban J connectivity index is -0.000000390. The molecule has 0 rings (SSSR count). The van der Waals surface area contributed by atoms with Crippen LogP contribution < -0.4 is 24.8 Å². The largest absolute Gasteiger partial charge is 1.00 e. The summed E-state index contributed by atoms with van der Waals surface area (Å²) in [5.41, 5.74) is 0. The maximum atomic E-state index is 2.56. The molecule has 0 aromatic rings. The van der Waals surface area contributed by atoms with Gasteiger partial charge in [0.15, 0.2) is 0 Å². The van der Waals surface area contributed by atoms with Crippen molar-refractivity contribution >= 4 is 0 Å². The Kier molecular flexibility index (Phi) is 48.3. The molecule has 0 N–H and O–H groups in total. The third-order valence-corrected chi connectivity index (χ3v) is 9.84. The number of unbranched alkanes of at least 4 members (excludes halogenated alkanes) is 26. The number of quaternary nitrogens is 2. The lowest BCUT2D eigenvalue weighted by Crippen LogP contribution is -3.00. The molecule has 0 amide bonds. The standard InChI is InChI=1S/C25H54N.C17H38N.2ClH/c1-5-8-11-14-17-20-23-26(4,24-21-18-15-12-9-6-2)25-22-19-16-13-10-7-3;1-5-6-7-8-9-10-11-12-13-14-15-16-17-18(2,3)4;;/h5-25H2,1-4H3;5-17H2,1-4H3;2*1H/q2*+1;;/p-2. The summed E-state index contributed by atoms with van der Waals surface area (Å²) in [6.07, 6.45) is 43.2. The van der Waals surface area contributed by atoms with Crippen LogP contribution in [-0.2, 0) is 0 Å². The highest BCUT2D eigenvalue weighted by Gasteiger charge is 2.20. The fraction of sp³-hybridized carbons (Fsp3) is 1.00. The third kappa shape index (κ3) is 46.6. The molecule has 0 aromatic heterocycles. The van der Waals surface area contributed by atoms with Gasteiger partial charge in [-0.1, -0.05) is 169 Å². The average Bonchev–Trinajstić information content (AvgIpc) is 2.99. The van der Waals surface area contributed by atoms with Crippen LogP contribution in [0, 0.1) is 0 Å². The zero-order chi connectivity index (χ0) is 33.0. The molecular formula is C42H92Cl2N2. The summed E-state index contributed by atoms with van der Waals surface area (Å²) >= 11 is 0. The van der Waals surface area contributed by atoms with E-state index in [9.17, 15) is 0 Å². The Morgan fingerprint density at radius 1 is 0.239 bits per heavy atom. The van der Waals surface area contributed by atoms with Crippen LogP contribution in [0.2, 0.25) is 0 Å². The molecule has 46 heavy (non-hydrogen) atoms. The molecule has 0 bridgehead atoms. The van der Waals surface area contributed by atoms with Crippen molar-refractivity contribution in [2.75, 3.05) is 54.4 Å². The zero-order valence-corrected chi connectivity index (χ0v) is 35.2. The number of rotatable bonds is 34. The molecule has 0 aliphatic carbocycles. The van der Waals surface area contributed by atoms with Crippen LogP contribution in [0.1, 0.15) is 220 Å². The smallest absolute Gasteiger partial charge is 0.0784 e. The van der Waals surface area contributed by atoms with E-state index in [1.807, 2.05) is 0 Å². The van der Waals surface area contributed by atoms with Gasteiger partial charge in [0, 0.05) is 0 Å². The molecule has 0 saturated carbocycles. The Bertz CT molecular complexity index is 479. The van der Waals surface area contributed by atoms with Gasteiger partial charge in [0.05, 0.1) is 54.4 Å². The maximum absolute atomic E-state index is 2.56. The van der Waals surface area contributed by atoms with E-state index < -0.39 is 0 Å². The van der Waals surface area contributed by atoms with Gasteiger partial charge in [-0.05, 0) is 51.4 Å². The summed E-state index contributed by atoms with van der Waals surface area (Å²) in [6.45, 7) is 14.8. The highest BCUT2D eigenvalue weighted by atomic mass is 35.5. The van der Waals surface area contributed by atoms with Crippen molar-refractivity contribution in [1.29, 1.82) is 0 Å². The van der Waals surface area contributed by atoms with E-state index in [-0.39, 0.29) is 24.8 Å². The molecule has 0 aliphatic heterocycles. The second-order valence-corrected chi connectivity index (χ2v) is 16.0. The van der Waals surface area contributed by atoms with Crippen LogP contribution in [0.3, 0.4) is 0 Å². The second-order valence-electron chi connectivity index (χ2n) is 16.0. The molecule has 0 atom stereocenters. The van der Waals surface area contributed by atoms with E-state index in [1.165, 1.54) is 223 Å². The summed E-state index contributed by atoms with van der Waals surface area (Å²) in [5, 5.41) is 0. The van der Waals surface area contributed by atoms with Crippen molar-refractivity contribution in [1.82, 2.24) is 0 Å². The lowest BCUT2D eigenvalue weighted by molar-refractivity contribution is -0.910. The Morgan fingerprint density at radius 3 is 0.609 bits per heavy atom. The lowest BCUT2D eigenvalue weighted by atomic mass is 10.1. The predicted molar refractivity (Wildman–Crippen MR) is 205 cm³/mol. The number of nitrogens with zero attached hydrogens (tertiary/aromatic N) is 2. The van der Waals surface area contributed by atoms with Gasteiger partial charge in [-0.15, -0.1) is 0 Å². The topological polar surface area (TPSA) is 0 Å². The summed E-state index contributed by atoms with van der Waals surface area (Å²) in [7, 11) is 9.43. The van der Waals surface area contributed by atoms with Gasteiger partial charge in [-0.2, -0.15) is 0 Å². The minimum atomic E-state index is 0. The van der Waals surface area contributed by atoms with Crippen LogP contribution in [0.4, 0.5) is 0 Å². The van der Waals surface area contributed by atoms with E-state index in [4.69, 9.17) is 0 Å². The van der Waals surface area contributed by atoms with Gasteiger partial charge in [-0.25, -0.2) is 0 Å². The average molecular weight is 696 g/mol. The highest BCUT2D eigenvalue weighted by molar-refractivity contribution is 4.52. The Labute approximate surface area is 307 Å². The minimum absolute atomic E-state index is 0. The fourth-order valence-corrected chi connectivity index (χ4v) is 6.58. The molecular weight excluding hydrogens is 603 g/mol. The molecule has 0 aliphatic rings. The van der Waals surface area contributed by atoms with E-state index in [0.29, 0.717) is 0 Å². The van der Waals surface area contributed by atoms with Gasteiger partial charge in [0.25, 0.3) is 0 Å². The SMILES string of the molecule is CCCCCCCCCCCCCC[N+](C)(C)C.CCCCCCCC[N+](C)(CCCCCCCC)CCCCCCCC.[Cl-].[Cl-]. The van der Waals surface area contributed by atoms with Crippen molar-refractivity contribution in [2.24, 2.45) is 0 Å². The molecule has 0 unspecified atom stereocenters. The van der Waals surface area contributed by atoms with Crippen molar-refractivity contribution < 1.29 is 33.8 Å². The molecule has 4 heteroatoms. The van der Waals surface area contributed by atoms with Gasteiger partial charge >= 0.3 is 0 Å². The molecule has 0 heterocycles. The van der Waals surface area contributed by atoms with Crippen LogP contribution in [0.25, 0.3) is 0 Å². The van der Waals surface area contributed by atoms with Crippen LogP contribution in [-0.4, -0.2) is 63.3 Å². The van der Waals surface area contributed by atoms with Crippen LogP contribution in [0.15, 0.2) is 0 Å². The summed E-state index contributed by atoms with van der Waals surface area (Å²) < 4.78 is 2.48. The summed E-state index contributed by atoms with van der Waals surface area (Å²) in [4.78, 5) is 0. The monoisotopic (exact) mass is 695 g/mol. The summed E-state index contributed by atoms with van der Waals surface area (Å²) in [5.74, 6) is 0. The summed E-state index contributed by atoms with van der Waals surface area (Å²) in [6, 6.07) is 0. The van der Waals surface area contributed by atoms with E-state index in [2.05, 4.69) is 55.9 Å². The number of halogens is 2. The quantitative estimate of drug-likeness (QED) is 0.0474. The molecule has 0 saturated heterocycles. The molecule has 2 nitrogen and oxygen atoms in total. The molecule has 0 aromatic carbocycles. The second kappa shape index (κ2) is 41.7.